The Hall–Kier alpha value is -2.04. The van der Waals surface area contributed by atoms with Crippen LogP contribution in [0.15, 0.2) is 24.3 Å². The molecule has 2 N–H and O–H groups in total. The van der Waals surface area contributed by atoms with Gasteiger partial charge in [-0.3, -0.25) is 4.79 Å². The van der Waals surface area contributed by atoms with Crippen molar-refractivity contribution < 1.29 is 14.7 Å². The van der Waals surface area contributed by atoms with Gasteiger partial charge in [0.2, 0.25) is 0 Å². The van der Waals surface area contributed by atoms with Gasteiger partial charge in [0.15, 0.2) is 0 Å². The summed E-state index contributed by atoms with van der Waals surface area (Å²) in [7, 11) is 1.63. The molecule has 0 aromatic heterocycles. The highest BCUT2D eigenvalue weighted by Gasteiger charge is 2.33. The summed E-state index contributed by atoms with van der Waals surface area (Å²) >= 11 is 0. The molecule has 2 rings (SSSR count). The molecule has 0 aliphatic heterocycles. The second kappa shape index (κ2) is 6.38. The fraction of sp³-hybridized carbons (Fsp3) is 0.529. The summed E-state index contributed by atoms with van der Waals surface area (Å²) in [5.41, 5.74) is 2.73. The quantitative estimate of drug-likeness (QED) is 0.876. The molecule has 0 bridgehead atoms. The molecule has 120 valence electrons. The second-order valence-electron chi connectivity index (χ2n) is 6.71. The van der Waals surface area contributed by atoms with Crippen LogP contribution >= 0.6 is 0 Å². The zero-order valence-corrected chi connectivity index (χ0v) is 13.4. The topological polar surface area (TPSA) is 69.6 Å². The van der Waals surface area contributed by atoms with E-state index in [1.807, 2.05) is 12.1 Å². The molecule has 5 heteroatoms. The Morgan fingerprint density at radius 3 is 2.36 bits per heavy atom. The molecule has 0 radical (unpaired) electrons. The summed E-state index contributed by atoms with van der Waals surface area (Å²) in [5.74, 6) is -1.46. The third-order valence-corrected chi connectivity index (χ3v) is 4.34. The van der Waals surface area contributed by atoms with Crippen LogP contribution in [-0.2, 0) is 17.6 Å². The Morgan fingerprint density at radius 1 is 1.32 bits per heavy atom. The number of urea groups is 1. The predicted octanol–water partition coefficient (Wildman–Crippen LogP) is 2.15. The highest BCUT2D eigenvalue weighted by Crippen LogP contribution is 2.35. The van der Waals surface area contributed by atoms with E-state index in [0.717, 1.165) is 12.8 Å². The number of carboxylic acids is 1. The molecule has 1 unspecified atom stereocenters. The Morgan fingerprint density at radius 2 is 1.86 bits per heavy atom. The third-order valence-electron chi connectivity index (χ3n) is 4.34. The SMILES string of the molecule is CC(CN(C)C(=O)NCC1(C)Cc2ccccc2C1)C(=O)O. The molecular formula is C17H24N2O3. The Kier molecular flexibility index (Phi) is 4.74. The van der Waals surface area contributed by atoms with Gasteiger partial charge in [0, 0.05) is 20.1 Å². The lowest BCUT2D eigenvalue weighted by Gasteiger charge is -2.26. The van der Waals surface area contributed by atoms with E-state index >= 15 is 0 Å². The summed E-state index contributed by atoms with van der Waals surface area (Å²) in [6, 6.07) is 8.16. The minimum absolute atomic E-state index is 0.0264. The molecule has 5 nitrogen and oxygen atoms in total. The first kappa shape index (κ1) is 16.3. The van der Waals surface area contributed by atoms with Gasteiger partial charge in [0.1, 0.15) is 0 Å². The van der Waals surface area contributed by atoms with Crippen molar-refractivity contribution in [1.82, 2.24) is 10.2 Å². The Bertz CT molecular complexity index is 546. The number of carbonyl (C=O) groups is 2. The first-order valence-electron chi connectivity index (χ1n) is 7.59. The number of fused-ring (bicyclic) bond motifs is 1. The lowest BCUT2D eigenvalue weighted by Crippen LogP contribution is -2.44. The number of amides is 2. The lowest BCUT2D eigenvalue weighted by atomic mass is 9.87. The summed E-state index contributed by atoms with van der Waals surface area (Å²) in [6.45, 7) is 4.57. The van der Waals surface area contributed by atoms with Gasteiger partial charge in [0.25, 0.3) is 0 Å². The van der Waals surface area contributed by atoms with Gasteiger partial charge in [-0.15, -0.1) is 0 Å². The zero-order valence-electron chi connectivity index (χ0n) is 13.4. The maximum absolute atomic E-state index is 12.1. The molecule has 1 aromatic rings. The molecule has 0 heterocycles. The summed E-state index contributed by atoms with van der Waals surface area (Å²) in [6.07, 6.45) is 1.91. The standard InChI is InChI=1S/C17H24N2O3/c1-12(15(20)21)10-19(3)16(22)18-11-17(2)8-13-6-4-5-7-14(13)9-17/h4-7,12H,8-11H2,1-3H3,(H,18,22)(H,20,21). The van der Waals surface area contributed by atoms with E-state index in [1.54, 1.807) is 14.0 Å². The van der Waals surface area contributed by atoms with Crippen molar-refractivity contribution in [3.63, 3.8) is 0 Å². The first-order chi connectivity index (χ1) is 10.3. The molecule has 22 heavy (non-hydrogen) atoms. The van der Waals surface area contributed by atoms with E-state index in [2.05, 4.69) is 24.4 Å². The molecule has 0 saturated carbocycles. The van der Waals surface area contributed by atoms with Gasteiger partial charge in [-0.25, -0.2) is 4.79 Å². The smallest absolute Gasteiger partial charge is 0.317 e. The van der Waals surface area contributed by atoms with Crippen molar-refractivity contribution in [2.45, 2.75) is 26.7 Å². The molecule has 0 saturated heterocycles. The minimum atomic E-state index is -0.891. The number of hydrogen-bond acceptors (Lipinski definition) is 2. The normalized spacial score (nSPS) is 16.7. The first-order valence-corrected chi connectivity index (χ1v) is 7.59. The number of aliphatic carboxylic acids is 1. The predicted molar refractivity (Wildman–Crippen MR) is 84.8 cm³/mol. The van der Waals surface area contributed by atoms with Gasteiger partial charge in [-0.2, -0.15) is 0 Å². The minimum Gasteiger partial charge on any atom is -0.481 e. The molecule has 1 aliphatic carbocycles. The van der Waals surface area contributed by atoms with E-state index in [4.69, 9.17) is 5.11 Å². The zero-order chi connectivity index (χ0) is 16.3. The fourth-order valence-corrected chi connectivity index (χ4v) is 3.01. The highest BCUT2D eigenvalue weighted by molar-refractivity contribution is 5.75. The average molecular weight is 304 g/mol. The van der Waals surface area contributed by atoms with Crippen LogP contribution < -0.4 is 5.32 Å². The molecule has 1 aliphatic rings. The molecule has 1 atom stereocenters. The van der Waals surface area contributed by atoms with Crippen LogP contribution in [0.2, 0.25) is 0 Å². The monoisotopic (exact) mass is 304 g/mol. The van der Waals surface area contributed by atoms with E-state index < -0.39 is 11.9 Å². The molecule has 1 aromatic carbocycles. The van der Waals surface area contributed by atoms with Gasteiger partial charge in [-0.05, 0) is 29.4 Å². The molecule has 2 amide bonds. The lowest BCUT2D eigenvalue weighted by molar-refractivity contribution is -0.141. The maximum atomic E-state index is 12.1. The van der Waals surface area contributed by atoms with Crippen molar-refractivity contribution in [2.75, 3.05) is 20.1 Å². The fourth-order valence-electron chi connectivity index (χ4n) is 3.01. The number of nitrogens with one attached hydrogen (secondary N) is 1. The molecular weight excluding hydrogens is 280 g/mol. The number of carbonyl (C=O) groups excluding carboxylic acids is 1. The van der Waals surface area contributed by atoms with Crippen LogP contribution in [0.5, 0.6) is 0 Å². The molecule has 0 fully saturated rings. The maximum Gasteiger partial charge on any atom is 0.317 e. The van der Waals surface area contributed by atoms with E-state index in [1.165, 1.54) is 16.0 Å². The van der Waals surface area contributed by atoms with E-state index in [9.17, 15) is 9.59 Å². The number of hydrogen-bond donors (Lipinski definition) is 2. The van der Waals surface area contributed by atoms with Crippen LogP contribution in [0, 0.1) is 11.3 Å². The van der Waals surface area contributed by atoms with Gasteiger partial charge < -0.3 is 15.3 Å². The van der Waals surface area contributed by atoms with Crippen LogP contribution in [0.4, 0.5) is 4.79 Å². The van der Waals surface area contributed by atoms with Crippen LogP contribution in [0.1, 0.15) is 25.0 Å². The number of carboxylic acid groups (broad SMARTS) is 1. The van der Waals surface area contributed by atoms with Crippen molar-refractivity contribution in [2.24, 2.45) is 11.3 Å². The van der Waals surface area contributed by atoms with Crippen molar-refractivity contribution in [3.8, 4) is 0 Å². The van der Waals surface area contributed by atoms with Crippen molar-refractivity contribution in [3.05, 3.63) is 35.4 Å². The van der Waals surface area contributed by atoms with Crippen molar-refractivity contribution >= 4 is 12.0 Å². The van der Waals surface area contributed by atoms with E-state index in [-0.39, 0.29) is 18.0 Å². The van der Waals surface area contributed by atoms with Gasteiger partial charge in [0.05, 0.1) is 5.92 Å². The van der Waals surface area contributed by atoms with Crippen LogP contribution in [0.3, 0.4) is 0 Å². The van der Waals surface area contributed by atoms with Crippen LogP contribution in [0.25, 0.3) is 0 Å². The Labute approximate surface area is 131 Å². The third kappa shape index (κ3) is 3.78. The van der Waals surface area contributed by atoms with E-state index in [0.29, 0.717) is 6.54 Å². The summed E-state index contributed by atoms with van der Waals surface area (Å²) < 4.78 is 0. The number of benzene rings is 1. The highest BCUT2D eigenvalue weighted by atomic mass is 16.4. The Balaban J connectivity index is 1.85. The van der Waals surface area contributed by atoms with Gasteiger partial charge >= 0.3 is 12.0 Å². The largest absolute Gasteiger partial charge is 0.481 e. The van der Waals surface area contributed by atoms with Crippen molar-refractivity contribution in [1.29, 1.82) is 0 Å². The summed E-state index contributed by atoms with van der Waals surface area (Å²) in [4.78, 5) is 24.4. The average Bonchev–Trinajstić information content (AvgIpc) is 2.81. The molecule has 0 spiro atoms. The summed E-state index contributed by atoms with van der Waals surface area (Å²) in [5, 5.41) is 11.8. The second-order valence-corrected chi connectivity index (χ2v) is 6.71. The number of rotatable bonds is 5. The van der Waals surface area contributed by atoms with Gasteiger partial charge in [-0.1, -0.05) is 38.1 Å². The number of nitrogens with zero attached hydrogens (tertiary/aromatic N) is 1. The van der Waals surface area contributed by atoms with Crippen LogP contribution in [-0.4, -0.2) is 42.1 Å².